The molecule has 0 atom stereocenters. The number of hydrogen-bond acceptors (Lipinski definition) is 3. The van der Waals surface area contributed by atoms with Crippen LogP contribution in [0.3, 0.4) is 0 Å². The fraction of sp³-hybridized carbons (Fsp3) is 0.533. The molecule has 0 saturated carbocycles. The van der Waals surface area contributed by atoms with Gasteiger partial charge in [0.25, 0.3) is 0 Å². The number of nitrogens with zero attached hydrogens (tertiary/aromatic N) is 1. The van der Waals surface area contributed by atoms with Gasteiger partial charge in [0, 0.05) is 11.6 Å². The Balaban J connectivity index is 3.14. The summed E-state index contributed by atoms with van der Waals surface area (Å²) in [6.45, 7) is 11.0. The van der Waals surface area contributed by atoms with Crippen molar-refractivity contribution in [2.45, 2.75) is 45.3 Å². The Bertz CT molecular complexity index is 484. The van der Waals surface area contributed by atoms with Crippen LogP contribution in [0.25, 0.3) is 0 Å². The van der Waals surface area contributed by atoms with Crippen molar-refractivity contribution < 1.29 is 9.16 Å². The van der Waals surface area contributed by atoms with Gasteiger partial charge in [-0.15, -0.1) is 0 Å². The smallest absolute Gasteiger partial charge is 0.250 e. The van der Waals surface area contributed by atoms with Crippen LogP contribution in [0.5, 0.6) is 11.5 Å². The quantitative estimate of drug-likeness (QED) is 0.777. The van der Waals surface area contributed by atoms with Gasteiger partial charge in [-0.2, -0.15) is 5.26 Å². The standard InChI is InChI=1S/C15H23NO2Si/c1-15(2,3)19(5,6)18-14-11-13(17-4)8-7-12(14)9-10-16/h7-8,11H,9H2,1-6H3. The van der Waals surface area contributed by atoms with Gasteiger partial charge in [0.1, 0.15) is 11.5 Å². The summed E-state index contributed by atoms with van der Waals surface area (Å²) in [5, 5.41) is 9.03. The van der Waals surface area contributed by atoms with Crippen LogP contribution in [0.4, 0.5) is 0 Å². The van der Waals surface area contributed by atoms with Crippen LogP contribution >= 0.6 is 0 Å². The van der Waals surface area contributed by atoms with Crippen molar-refractivity contribution in [3.05, 3.63) is 23.8 Å². The highest BCUT2D eigenvalue weighted by Crippen LogP contribution is 2.39. The third kappa shape index (κ3) is 3.74. The van der Waals surface area contributed by atoms with E-state index in [0.717, 1.165) is 17.1 Å². The Morgan fingerprint density at radius 3 is 2.37 bits per heavy atom. The SMILES string of the molecule is COc1ccc(CC#N)c(O[Si](C)(C)C(C)(C)C)c1. The zero-order chi connectivity index (χ0) is 14.7. The number of nitriles is 1. The van der Waals surface area contributed by atoms with Gasteiger partial charge in [0.2, 0.25) is 8.32 Å². The predicted octanol–water partition coefficient (Wildman–Crippen LogP) is 4.15. The Kier molecular flexibility index (Phi) is 4.64. The van der Waals surface area contributed by atoms with Gasteiger partial charge in [-0.25, -0.2) is 0 Å². The van der Waals surface area contributed by atoms with E-state index in [1.165, 1.54) is 0 Å². The minimum Gasteiger partial charge on any atom is -0.543 e. The highest BCUT2D eigenvalue weighted by Gasteiger charge is 2.39. The van der Waals surface area contributed by atoms with Crippen molar-refractivity contribution in [1.29, 1.82) is 5.26 Å². The van der Waals surface area contributed by atoms with Crippen molar-refractivity contribution in [2.75, 3.05) is 7.11 Å². The molecule has 0 N–H and O–H groups in total. The molecule has 0 aromatic heterocycles. The lowest BCUT2D eigenvalue weighted by molar-refractivity contribution is 0.410. The highest BCUT2D eigenvalue weighted by atomic mass is 28.4. The summed E-state index contributed by atoms with van der Waals surface area (Å²) in [7, 11) is -0.272. The molecule has 0 saturated heterocycles. The van der Waals surface area contributed by atoms with Gasteiger partial charge in [0.05, 0.1) is 19.6 Å². The zero-order valence-electron chi connectivity index (χ0n) is 12.7. The van der Waals surface area contributed by atoms with E-state index in [1.807, 2.05) is 18.2 Å². The predicted molar refractivity (Wildman–Crippen MR) is 80.1 cm³/mol. The van der Waals surface area contributed by atoms with E-state index in [1.54, 1.807) is 7.11 Å². The lowest BCUT2D eigenvalue weighted by Crippen LogP contribution is -2.44. The van der Waals surface area contributed by atoms with Crippen LogP contribution in [-0.4, -0.2) is 15.4 Å². The summed E-state index contributed by atoms with van der Waals surface area (Å²) in [5.74, 6) is 1.54. The third-order valence-electron chi connectivity index (χ3n) is 3.72. The van der Waals surface area contributed by atoms with Crippen LogP contribution in [0.2, 0.25) is 18.1 Å². The second-order valence-electron chi connectivity index (χ2n) is 6.17. The normalized spacial score (nSPS) is 11.8. The fourth-order valence-corrected chi connectivity index (χ4v) is 2.46. The van der Waals surface area contributed by atoms with Crippen molar-refractivity contribution in [3.63, 3.8) is 0 Å². The highest BCUT2D eigenvalue weighted by molar-refractivity contribution is 6.74. The van der Waals surface area contributed by atoms with Gasteiger partial charge in [-0.3, -0.25) is 0 Å². The van der Waals surface area contributed by atoms with E-state index < -0.39 is 8.32 Å². The average molecular weight is 277 g/mol. The average Bonchev–Trinajstić information content (AvgIpc) is 2.29. The molecule has 19 heavy (non-hydrogen) atoms. The van der Waals surface area contributed by atoms with Crippen molar-refractivity contribution in [3.8, 4) is 17.6 Å². The number of methoxy groups -OCH3 is 1. The van der Waals surface area contributed by atoms with E-state index in [-0.39, 0.29) is 5.04 Å². The fourth-order valence-electron chi connectivity index (χ4n) is 1.42. The molecule has 3 nitrogen and oxygen atoms in total. The second-order valence-corrected chi connectivity index (χ2v) is 10.9. The second kappa shape index (κ2) is 5.66. The maximum Gasteiger partial charge on any atom is 0.250 e. The summed E-state index contributed by atoms with van der Waals surface area (Å²) in [6, 6.07) is 7.84. The molecule has 0 fully saturated rings. The van der Waals surface area contributed by atoms with Crippen LogP contribution in [0, 0.1) is 11.3 Å². The van der Waals surface area contributed by atoms with Gasteiger partial charge >= 0.3 is 0 Å². The Hall–Kier alpha value is -1.47. The van der Waals surface area contributed by atoms with Crippen LogP contribution in [0.1, 0.15) is 26.3 Å². The maximum absolute atomic E-state index is 8.90. The monoisotopic (exact) mass is 277 g/mol. The Labute approximate surface area is 117 Å². The number of benzene rings is 1. The van der Waals surface area contributed by atoms with Gasteiger partial charge in [-0.05, 0) is 24.2 Å². The van der Waals surface area contributed by atoms with Crippen LogP contribution in [-0.2, 0) is 6.42 Å². The van der Waals surface area contributed by atoms with E-state index in [9.17, 15) is 0 Å². The number of ether oxygens (including phenoxy) is 1. The zero-order valence-corrected chi connectivity index (χ0v) is 13.7. The summed E-state index contributed by atoms with van der Waals surface area (Å²) in [4.78, 5) is 0. The van der Waals surface area contributed by atoms with Gasteiger partial charge < -0.3 is 9.16 Å². The van der Waals surface area contributed by atoms with E-state index >= 15 is 0 Å². The molecule has 0 bridgehead atoms. The molecule has 0 amide bonds. The van der Waals surface area contributed by atoms with Gasteiger partial charge in [-0.1, -0.05) is 26.8 Å². The molecule has 0 aliphatic carbocycles. The minimum absolute atomic E-state index is 0.125. The summed E-state index contributed by atoms with van der Waals surface area (Å²) in [6.07, 6.45) is 0.355. The van der Waals surface area contributed by atoms with Crippen molar-refractivity contribution >= 4 is 8.32 Å². The topological polar surface area (TPSA) is 42.2 Å². The first kappa shape index (κ1) is 15.6. The molecule has 0 unspecified atom stereocenters. The number of rotatable bonds is 4. The molecule has 0 aliphatic heterocycles. The van der Waals surface area contributed by atoms with Gasteiger partial charge in [0.15, 0.2) is 0 Å². The van der Waals surface area contributed by atoms with Crippen LogP contribution in [0.15, 0.2) is 18.2 Å². The summed E-state index contributed by atoms with van der Waals surface area (Å²) in [5.41, 5.74) is 0.924. The van der Waals surface area contributed by atoms with E-state index in [0.29, 0.717) is 6.42 Å². The van der Waals surface area contributed by atoms with E-state index in [4.69, 9.17) is 14.4 Å². The maximum atomic E-state index is 8.90. The largest absolute Gasteiger partial charge is 0.543 e. The first-order chi connectivity index (χ1) is 8.71. The first-order valence-electron chi connectivity index (χ1n) is 6.44. The minimum atomic E-state index is -1.91. The summed E-state index contributed by atoms with van der Waals surface area (Å²) >= 11 is 0. The van der Waals surface area contributed by atoms with Crippen LogP contribution < -0.4 is 9.16 Å². The molecular formula is C15H23NO2Si. The summed E-state index contributed by atoms with van der Waals surface area (Å²) < 4.78 is 11.5. The molecule has 1 aromatic rings. The lowest BCUT2D eigenvalue weighted by Gasteiger charge is -2.37. The molecular weight excluding hydrogens is 254 g/mol. The molecule has 0 heterocycles. The van der Waals surface area contributed by atoms with Crippen molar-refractivity contribution in [2.24, 2.45) is 0 Å². The third-order valence-corrected chi connectivity index (χ3v) is 8.06. The molecule has 1 rings (SSSR count). The molecule has 0 spiro atoms. The van der Waals surface area contributed by atoms with Crippen molar-refractivity contribution in [1.82, 2.24) is 0 Å². The number of hydrogen-bond donors (Lipinski definition) is 0. The first-order valence-corrected chi connectivity index (χ1v) is 9.35. The molecule has 4 heteroatoms. The lowest BCUT2D eigenvalue weighted by atomic mass is 10.1. The molecule has 0 aliphatic rings. The Morgan fingerprint density at radius 1 is 1.26 bits per heavy atom. The molecule has 104 valence electrons. The molecule has 0 radical (unpaired) electrons. The molecule has 1 aromatic carbocycles. The van der Waals surface area contributed by atoms with E-state index in [2.05, 4.69) is 39.9 Å². The Morgan fingerprint density at radius 2 is 1.89 bits per heavy atom.